The molecule has 1 saturated carbocycles. The first-order valence-electron chi connectivity index (χ1n) is 10.1. The lowest BCUT2D eigenvalue weighted by Crippen LogP contribution is -2.60. The third-order valence-corrected chi connectivity index (χ3v) is 6.31. The van der Waals surface area contributed by atoms with Crippen LogP contribution in [0.15, 0.2) is 0 Å². The smallest absolute Gasteiger partial charge is 0.242 e. The van der Waals surface area contributed by atoms with Crippen molar-refractivity contribution < 1.29 is 9.59 Å². The summed E-state index contributed by atoms with van der Waals surface area (Å²) < 4.78 is 0. The van der Waals surface area contributed by atoms with E-state index in [2.05, 4.69) is 11.8 Å². The highest BCUT2D eigenvalue weighted by molar-refractivity contribution is 5.86. The third-order valence-electron chi connectivity index (χ3n) is 6.31. The molecule has 0 aromatic rings. The molecule has 0 aromatic carbocycles. The van der Waals surface area contributed by atoms with E-state index in [1.54, 1.807) is 0 Å². The molecule has 2 aliphatic heterocycles. The molecule has 1 unspecified atom stereocenters. The summed E-state index contributed by atoms with van der Waals surface area (Å²) in [4.78, 5) is 31.5. The topological polar surface area (TPSA) is 69.9 Å². The van der Waals surface area contributed by atoms with Crippen LogP contribution < -0.4 is 5.73 Å². The van der Waals surface area contributed by atoms with Crippen LogP contribution >= 0.6 is 24.8 Å². The monoisotopic (exact) mass is 422 g/mol. The van der Waals surface area contributed by atoms with Crippen molar-refractivity contribution in [1.29, 1.82) is 0 Å². The molecule has 2 heterocycles. The van der Waals surface area contributed by atoms with Crippen molar-refractivity contribution in [2.24, 2.45) is 5.73 Å². The lowest BCUT2D eigenvalue weighted by atomic mass is 9.81. The van der Waals surface area contributed by atoms with Gasteiger partial charge in [0.1, 0.15) is 0 Å². The molecule has 1 atom stereocenters. The van der Waals surface area contributed by atoms with Gasteiger partial charge in [0.2, 0.25) is 11.8 Å². The van der Waals surface area contributed by atoms with Crippen LogP contribution in [0, 0.1) is 0 Å². The first-order chi connectivity index (χ1) is 12.0. The molecule has 3 fully saturated rings. The molecule has 3 rings (SSSR count). The van der Waals surface area contributed by atoms with Gasteiger partial charge in [-0.05, 0) is 39.0 Å². The summed E-state index contributed by atoms with van der Waals surface area (Å²) in [6.45, 7) is 6.47. The molecule has 0 spiro atoms. The van der Waals surface area contributed by atoms with E-state index in [1.165, 1.54) is 12.8 Å². The minimum absolute atomic E-state index is 0. The Morgan fingerprint density at radius 2 is 1.56 bits per heavy atom. The number of halogens is 2. The van der Waals surface area contributed by atoms with Gasteiger partial charge in [0.25, 0.3) is 0 Å². The van der Waals surface area contributed by atoms with Crippen LogP contribution in [0.2, 0.25) is 0 Å². The molecule has 0 bridgehead atoms. The molecular weight excluding hydrogens is 387 g/mol. The Labute approximate surface area is 176 Å². The number of carbonyl (C=O) groups excluding carboxylic acids is 2. The molecule has 6 nitrogen and oxygen atoms in total. The Hall–Kier alpha value is -0.560. The Balaban J connectivity index is 0.00000182. The van der Waals surface area contributed by atoms with Crippen molar-refractivity contribution in [2.75, 3.05) is 39.3 Å². The second-order valence-electron chi connectivity index (χ2n) is 8.22. The van der Waals surface area contributed by atoms with Gasteiger partial charge in [-0.15, -0.1) is 24.8 Å². The molecule has 27 heavy (non-hydrogen) atoms. The summed E-state index contributed by atoms with van der Waals surface area (Å²) in [6.07, 6.45) is 8.41. The van der Waals surface area contributed by atoms with E-state index in [0.717, 1.165) is 58.2 Å². The quantitative estimate of drug-likeness (QED) is 0.754. The maximum absolute atomic E-state index is 12.8. The van der Waals surface area contributed by atoms with Gasteiger partial charge in [-0.25, -0.2) is 0 Å². The fourth-order valence-electron chi connectivity index (χ4n) is 4.57. The zero-order chi connectivity index (χ0) is 17.9. The molecule has 8 heteroatoms. The summed E-state index contributed by atoms with van der Waals surface area (Å²) in [5, 5.41) is 0. The van der Waals surface area contributed by atoms with Crippen LogP contribution in [-0.4, -0.2) is 77.4 Å². The van der Waals surface area contributed by atoms with E-state index in [1.807, 2.05) is 9.80 Å². The standard InChI is InChI=1S/C19H34N4O2.2ClH/c1-16-7-3-6-10-23(16)17(24)15-21-11-13-22(14-12-21)18(25)19(20)8-4-2-5-9-19;;/h16H,2-15,20H2,1H3;2*1H. The average molecular weight is 423 g/mol. The zero-order valence-electron chi connectivity index (χ0n) is 16.5. The van der Waals surface area contributed by atoms with E-state index in [-0.39, 0.29) is 36.6 Å². The summed E-state index contributed by atoms with van der Waals surface area (Å²) in [5.74, 6) is 0.373. The molecular formula is C19H36Cl2N4O2. The Kier molecular flexibility index (Phi) is 9.83. The van der Waals surface area contributed by atoms with Crippen LogP contribution in [0.5, 0.6) is 0 Å². The van der Waals surface area contributed by atoms with Crippen molar-refractivity contribution in [1.82, 2.24) is 14.7 Å². The van der Waals surface area contributed by atoms with E-state index in [0.29, 0.717) is 25.7 Å². The highest BCUT2D eigenvalue weighted by Gasteiger charge is 2.39. The molecule has 2 amide bonds. The SMILES string of the molecule is CC1CCCCN1C(=O)CN1CCN(C(=O)C2(N)CCCCC2)CC1.Cl.Cl. The number of nitrogens with two attached hydrogens (primary N) is 1. The van der Waals surface area contributed by atoms with Crippen molar-refractivity contribution in [3.63, 3.8) is 0 Å². The predicted molar refractivity (Wildman–Crippen MR) is 113 cm³/mol. The maximum Gasteiger partial charge on any atom is 0.242 e. The van der Waals surface area contributed by atoms with E-state index in [4.69, 9.17) is 5.73 Å². The normalized spacial score (nSPS) is 25.9. The first kappa shape index (κ1) is 24.5. The van der Waals surface area contributed by atoms with Crippen LogP contribution in [0.3, 0.4) is 0 Å². The Morgan fingerprint density at radius 1 is 0.926 bits per heavy atom. The number of hydrogen-bond donors (Lipinski definition) is 1. The Bertz CT molecular complexity index is 492. The number of hydrogen-bond acceptors (Lipinski definition) is 4. The second kappa shape index (κ2) is 10.8. The molecule has 158 valence electrons. The molecule has 0 radical (unpaired) electrons. The summed E-state index contributed by atoms with van der Waals surface area (Å²) in [6, 6.07) is 0.368. The van der Waals surface area contributed by atoms with Gasteiger partial charge in [0, 0.05) is 38.8 Å². The highest BCUT2D eigenvalue weighted by Crippen LogP contribution is 2.28. The number of piperidine rings is 1. The van der Waals surface area contributed by atoms with E-state index >= 15 is 0 Å². The van der Waals surface area contributed by atoms with Gasteiger partial charge in [0.15, 0.2) is 0 Å². The van der Waals surface area contributed by atoms with Crippen molar-refractivity contribution in [3.8, 4) is 0 Å². The van der Waals surface area contributed by atoms with Gasteiger partial charge in [0.05, 0.1) is 12.1 Å². The molecule has 2 N–H and O–H groups in total. The predicted octanol–water partition coefficient (Wildman–Crippen LogP) is 2.04. The minimum atomic E-state index is -0.639. The third kappa shape index (κ3) is 5.96. The largest absolute Gasteiger partial charge is 0.339 e. The van der Waals surface area contributed by atoms with Gasteiger partial charge in [-0.2, -0.15) is 0 Å². The van der Waals surface area contributed by atoms with Gasteiger partial charge in [-0.3, -0.25) is 14.5 Å². The highest BCUT2D eigenvalue weighted by atomic mass is 35.5. The van der Waals surface area contributed by atoms with Crippen molar-refractivity contribution in [3.05, 3.63) is 0 Å². The fourth-order valence-corrected chi connectivity index (χ4v) is 4.57. The minimum Gasteiger partial charge on any atom is -0.339 e. The number of amides is 2. The van der Waals surface area contributed by atoms with Crippen LogP contribution in [0.1, 0.15) is 58.3 Å². The average Bonchev–Trinajstić information content (AvgIpc) is 2.62. The van der Waals surface area contributed by atoms with Gasteiger partial charge < -0.3 is 15.5 Å². The number of likely N-dealkylation sites (tertiary alicyclic amines) is 1. The fraction of sp³-hybridized carbons (Fsp3) is 0.895. The molecule has 2 saturated heterocycles. The molecule has 0 aromatic heterocycles. The lowest BCUT2D eigenvalue weighted by Gasteiger charge is -2.41. The first-order valence-corrected chi connectivity index (χ1v) is 10.1. The van der Waals surface area contributed by atoms with Crippen molar-refractivity contribution >= 4 is 36.6 Å². The van der Waals surface area contributed by atoms with Gasteiger partial charge >= 0.3 is 0 Å². The van der Waals surface area contributed by atoms with E-state index in [9.17, 15) is 9.59 Å². The second-order valence-corrected chi connectivity index (χ2v) is 8.22. The van der Waals surface area contributed by atoms with Crippen LogP contribution in [0.25, 0.3) is 0 Å². The summed E-state index contributed by atoms with van der Waals surface area (Å²) in [5.41, 5.74) is 5.76. The lowest BCUT2D eigenvalue weighted by molar-refractivity contribution is -0.141. The summed E-state index contributed by atoms with van der Waals surface area (Å²) in [7, 11) is 0. The molecule has 1 aliphatic carbocycles. The van der Waals surface area contributed by atoms with Crippen molar-refractivity contribution in [2.45, 2.75) is 69.9 Å². The number of piperazine rings is 1. The van der Waals surface area contributed by atoms with Crippen LogP contribution in [0.4, 0.5) is 0 Å². The van der Waals surface area contributed by atoms with Crippen LogP contribution in [-0.2, 0) is 9.59 Å². The number of nitrogens with zero attached hydrogens (tertiary/aromatic N) is 3. The number of rotatable bonds is 3. The number of carbonyl (C=O) groups is 2. The van der Waals surface area contributed by atoms with Gasteiger partial charge in [-0.1, -0.05) is 19.3 Å². The Morgan fingerprint density at radius 3 is 2.15 bits per heavy atom. The van der Waals surface area contributed by atoms with E-state index < -0.39 is 5.54 Å². The molecule has 3 aliphatic rings. The zero-order valence-corrected chi connectivity index (χ0v) is 18.2. The summed E-state index contributed by atoms with van der Waals surface area (Å²) >= 11 is 0. The maximum atomic E-state index is 12.8.